The van der Waals surface area contributed by atoms with E-state index in [9.17, 15) is 13.2 Å². The van der Waals surface area contributed by atoms with Crippen LogP contribution in [0.1, 0.15) is 30.1 Å². The molecule has 128 valence electrons. The van der Waals surface area contributed by atoms with Gasteiger partial charge in [0.1, 0.15) is 5.75 Å². The summed E-state index contributed by atoms with van der Waals surface area (Å²) in [6.45, 7) is 2.76. The highest BCUT2D eigenvalue weighted by Gasteiger charge is 2.09. The summed E-state index contributed by atoms with van der Waals surface area (Å²) in [7, 11) is -3.24. The van der Waals surface area contributed by atoms with Gasteiger partial charge < -0.3 is 10.1 Å². The Hall–Kier alpha value is -2.34. The zero-order valence-corrected chi connectivity index (χ0v) is 14.6. The Labute approximate surface area is 142 Å². The van der Waals surface area contributed by atoms with Gasteiger partial charge in [0, 0.05) is 17.5 Å². The Bertz CT molecular complexity index is 781. The number of benzene rings is 2. The maximum absolute atomic E-state index is 12.2. The lowest BCUT2D eigenvalue weighted by atomic mass is 10.2. The maximum Gasteiger partial charge on any atom is 0.255 e. The highest BCUT2D eigenvalue weighted by molar-refractivity contribution is 7.90. The van der Waals surface area contributed by atoms with Crippen LogP contribution in [0.3, 0.4) is 0 Å². The molecule has 0 aromatic heterocycles. The summed E-state index contributed by atoms with van der Waals surface area (Å²) < 4.78 is 28.4. The van der Waals surface area contributed by atoms with E-state index in [1.165, 1.54) is 12.1 Å². The molecule has 2 aromatic rings. The summed E-state index contributed by atoms with van der Waals surface area (Å²) in [6, 6.07) is 13.0. The zero-order chi connectivity index (χ0) is 17.6. The fourth-order valence-electron chi connectivity index (χ4n) is 2.03. The van der Waals surface area contributed by atoms with Gasteiger partial charge in [-0.25, -0.2) is 8.42 Å². The molecule has 0 aliphatic rings. The van der Waals surface area contributed by atoms with E-state index < -0.39 is 9.84 Å². The molecule has 0 aliphatic heterocycles. The monoisotopic (exact) mass is 347 g/mol. The van der Waals surface area contributed by atoms with Crippen LogP contribution in [0.2, 0.25) is 0 Å². The van der Waals surface area contributed by atoms with Crippen LogP contribution in [0.5, 0.6) is 5.75 Å². The SMILES string of the molecule is CCCCOc1ccc(C(=O)Nc2ccc(S(C)(=O)=O)cc2)cc1. The van der Waals surface area contributed by atoms with E-state index in [0.29, 0.717) is 17.9 Å². The van der Waals surface area contributed by atoms with E-state index in [4.69, 9.17) is 4.74 Å². The first kappa shape index (κ1) is 18.0. The molecule has 1 amide bonds. The second-order valence-corrected chi connectivity index (χ2v) is 7.49. The van der Waals surface area contributed by atoms with Crippen molar-refractivity contribution in [2.24, 2.45) is 0 Å². The minimum absolute atomic E-state index is 0.217. The maximum atomic E-state index is 12.2. The largest absolute Gasteiger partial charge is 0.494 e. The van der Waals surface area contributed by atoms with Crippen molar-refractivity contribution in [3.05, 3.63) is 54.1 Å². The highest BCUT2D eigenvalue weighted by Crippen LogP contribution is 2.17. The minimum Gasteiger partial charge on any atom is -0.494 e. The van der Waals surface area contributed by atoms with Gasteiger partial charge in [-0.1, -0.05) is 13.3 Å². The minimum atomic E-state index is -3.24. The number of carbonyl (C=O) groups excluding carboxylic acids is 1. The number of amides is 1. The van der Waals surface area contributed by atoms with Crippen LogP contribution in [-0.4, -0.2) is 27.2 Å². The summed E-state index contributed by atoms with van der Waals surface area (Å²) in [4.78, 5) is 12.4. The van der Waals surface area contributed by atoms with E-state index >= 15 is 0 Å². The fraction of sp³-hybridized carbons (Fsp3) is 0.278. The van der Waals surface area contributed by atoms with Crippen molar-refractivity contribution in [3.63, 3.8) is 0 Å². The number of nitrogens with one attached hydrogen (secondary N) is 1. The number of carbonyl (C=O) groups is 1. The van der Waals surface area contributed by atoms with Crippen molar-refractivity contribution in [2.75, 3.05) is 18.2 Å². The van der Waals surface area contributed by atoms with Gasteiger partial charge in [0.05, 0.1) is 11.5 Å². The zero-order valence-electron chi connectivity index (χ0n) is 13.8. The van der Waals surface area contributed by atoms with Gasteiger partial charge in [-0.3, -0.25) is 4.79 Å². The van der Waals surface area contributed by atoms with E-state index in [-0.39, 0.29) is 10.8 Å². The average molecular weight is 347 g/mol. The van der Waals surface area contributed by atoms with Crippen LogP contribution in [0.15, 0.2) is 53.4 Å². The first-order chi connectivity index (χ1) is 11.4. The molecule has 0 atom stereocenters. The Morgan fingerprint density at radius 1 is 1.04 bits per heavy atom. The van der Waals surface area contributed by atoms with Crippen LogP contribution >= 0.6 is 0 Å². The molecule has 0 unspecified atom stereocenters. The van der Waals surface area contributed by atoms with E-state index in [0.717, 1.165) is 24.8 Å². The lowest BCUT2D eigenvalue weighted by molar-refractivity contribution is 0.102. The van der Waals surface area contributed by atoms with Gasteiger partial charge in [0.2, 0.25) is 0 Å². The number of hydrogen-bond donors (Lipinski definition) is 1. The van der Waals surface area contributed by atoms with Crippen LogP contribution in [0, 0.1) is 0 Å². The molecule has 0 bridgehead atoms. The second-order valence-electron chi connectivity index (χ2n) is 5.48. The molecular formula is C18H21NO4S. The van der Waals surface area contributed by atoms with E-state index in [2.05, 4.69) is 12.2 Å². The van der Waals surface area contributed by atoms with Crippen molar-refractivity contribution >= 4 is 21.4 Å². The quantitative estimate of drug-likeness (QED) is 0.778. The third kappa shape index (κ3) is 5.09. The third-order valence-corrected chi connectivity index (χ3v) is 4.55. The van der Waals surface area contributed by atoms with Crippen molar-refractivity contribution in [1.29, 1.82) is 0 Å². The van der Waals surface area contributed by atoms with Crippen LogP contribution in [0.25, 0.3) is 0 Å². The van der Waals surface area contributed by atoms with Gasteiger partial charge in [-0.2, -0.15) is 0 Å². The Kier molecular flexibility index (Phi) is 5.98. The van der Waals surface area contributed by atoms with Gasteiger partial charge in [-0.05, 0) is 55.0 Å². The molecule has 0 saturated carbocycles. The van der Waals surface area contributed by atoms with Crippen molar-refractivity contribution < 1.29 is 17.9 Å². The van der Waals surface area contributed by atoms with Crippen molar-refractivity contribution in [3.8, 4) is 5.75 Å². The fourth-order valence-corrected chi connectivity index (χ4v) is 2.66. The van der Waals surface area contributed by atoms with Gasteiger partial charge >= 0.3 is 0 Å². The number of anilines is 1. The van der Waals surface area contributed by atoms with Crippen molar-refractivity contribution in [2.45, 2.75) is 24.7 Å². The first-order valence-electron chi connectivity index (χ1n) is 7.74. The Balaban J connectivity index is 1.99. The van der Waals surface area contributed by atoms with E-state index in [1.807, 2.05) is 0 Å². The number of ether oxygens (including phenoxy) is 1. The standard InChI is InChI=1S/C18H21NO4S/c1-3-4-13-23-16-9-5-14(6-10-16)18(20)19-15-7-11-17(12-8-15)24(2,21)22/h5-12H,3-4,13H2,1-2H3,(H,19,20). The number of sulfone groups is 1. The molecule has 0 radical (unpaired) electrons. The van der Waals surface area contributed by atoms with Crippen LogP contribution in [0.4, 0.5) is 5.69 Å². The molecule has 0 heterocycles. The summed E-state index contributed by atoms with van der Waals surface area (Å²) in [6.07, 6.45) is 3.20. The highest BCUT2D eigenvalue weighted by atomic mass is 32.2. The normalized spacial score (nSPS) is 11.1. The summed E-state index contributed by atoms with van der Waals surface area (Å²) in [5.74, 6) is 0.472. The first-order valence-corrected chi connectivity index (χ1v) is 9.63. The van der Waals surface area contributed by atoms with Crippen molar-refractivity contribution in [1.82, 2.24) is 0 Å². The number of hydrogen-bond acceptors (Lipinski definition) is 4. The molecular weight excluding hydrogens is 326 g/mol. The van der Waals surface area contributed by atoms with Gasteiger partial charge in [0.15, 0.2) is 9.84 Å². The molecule has 0 aliphatic carbocycles. The molecule has 2 rings (SSSR count). The molecule has 2 aromatic carbocycles. The Morgan fingerprint density at radius 3 is 2.21 bits per heavy atom. The van der Waals surface area contributed by atoms with Crippen LogP contribution < -0.4 is 10.1 Å². The molecule has 1 N–H and O–H groups in total. The van der Waals surface area contributed by atoms with Gasteiger partial charge in [0.25, 0.3) is 5.91 Å². The predicted octanol–water partition coefficient (Wildman–Crippen LogP) is 3.52. The van der Waals surface area contributed by atoms with E-state index in [1.54, 1.807) is 36.4 Å². The molecule has 0 spiro atoms. The molecule has 24 heavy (non-hydrogen) atoms. The smallest absolute Gasteiger partial charge is 0.255 e. The molecule has 0 fully saturated rings. The average Bonchev–Trinajstić information content (AvgIpc) is 2.55. The lowest BCUT2D eigenvalue weighted by Gasteiger charge is -2.08. The van der Waals surface area contributed by atoms with Gasteiger partial charge in [-0.15, -0.1) is 0 Å². The molecule has 0 saturated heterocycles. The summed E-state index contributed by atoms with van der Waals surface area (Å²) >= 11 is 0. The lowest BCUT2D eigenvalue weighted by Crippen LogP contribution is -2.12. The second kappa shape index (κ2) is 7.97. The number of rotatable bonds is 7. The summed E-state index contributed by atoms with van der Waals surface area (Å²) in [5, 5.41) is 2.73. The predicted molar refractivity (Wildman–Crippen MR) is 94.4 cm³/mol. The molecule has 6 heteroatoms. The number of unbranched alkanes of at least 4 members (excludes halogenated alkanes) is 1. The summed E-state index contributed by atoms with van der Waals surface area (Å²) in [5.41, 5.74) is 1.04. The topological polar surface area (TPSA) is 72.5 Å². The van der Waals surface area contributed by atoms with Crippen LogP contribution in [-0.2, 0) is 9.84 Å². The molecule has 5 nitrogen and oxygen atoms in total. The third-order valence-electron chi connectivity index (χ3n) is 3.42. The Morgan fingerprint density at radius 2 is 1.67 bits per heavy atom.